The van der Waals surface area contributed by atoms with Crippen LogP contribution in [0.1, 0.15) is 66.2 Å². The number of rotatable bonds is 14. The van der Waals surface area contributed by atoms with Crippen molar-refractivity contribution in [3.8, 4) is 0 Å². The molecule has 0 saturated heterocycles. The second-order valence-corrected chi connectivity index (χ2v) is 9.98. The van der Waals surface area contributed by atoms with E-state index in [-0.39, 0.29) is 0 Å². The first-order valence-corrected chi connectivity index (χ1v) is 10.9. The van der Waals surface area contributed by atoms with E-state index >= 15 is 0 Å². The molecule has 0 unspecified atom stereocenters. The molecule has 0 aliphatic rings. The summed E-state index contributed by atoms with van der Waals surface area (Å²) in [6.07, 6.45) is 6.20. The van der Waals surface area contributed by atoms with Crippen LogP contribution >= 0.6 is 23.2 Å². The van der Waals surface area contributed by atoms with E-state index in [1.54, 1.807) is 6.92 Å². The third-order valence-electron chi connectivity index (χ3n) is 2.99. The molecule has 0 aromatic carbocycles. The molecule has 0 aromatic rings. The molecule has 3 nitrogen and oxygen atoms in total. The van der Waals surface area contributed by atoms with Crippen molar-refractivity contribution >= 4 is 32.0 Å². The lowest BCUT2D eigenvalue weighted by Gasteiger charge is -2.32. The Labute approximate surface area is 142 Å². The molecule has 0 saturated carbocycles. The molecule has 0 radical (unpaired) electrons. The van der Waals surface area contributed by atoms with Crippen molar-refractivity contribution in [3.05, 3.63) is 0 Å². The van der Waals surface area contributed by atoms with Gasteiger partial charge >= 0.3 is 8.80 Å². The maximum absolute atomic E-state index is 6.22. The van der Waals surface area contributed by atoms with Gasteiger partial charge in [-0.1, -0.05) is 40.0 Å². The molecule has 128 valence electrons. The molecular formula is C15H32Cl2O3Si. The van der Waals surface area contributed by atoms with E-state index in [0.717, 1.165) is 38.5 Å². The average molecular weight is 359 g/mol. The van der Waals surface area contributed by atoms with Gasteiger partial charge in [0, 0.05) is 19.8 Å². The maximum atomic E-state index is 6.22. The van der Waals surface area contributed by atoms with Crippen LogP contribution in [-0.2, 0) is 13.3 Å². The van der Waals surface area contributed by atoms with Crippen LogP contribution in [0.4, 0.5) is 0 Å². The normalized spacial score (nSPS) is 12.9. The first-order valence-electron chi connectivity index (χ1n) is 8.18. The Morgan fingerprint density at radius 1 is 0.762 bits per heavy atom. The van der Waals surface area contributed by atoms with Crippen molar-refractivity contribution in [3.63, 3.8) is 0 Å². The number of alkyl halides is 2. The first-order chi connectivity index (χ1) is 9.89. The standard InChI is InChI=1S/C15H32Cl2O3Si/c1-5-8-11-18-21(14-15(4,16)17,19-12-9-6-2)20-13-10-7-3/h5-14H2,1-4H3. The van der Waals surface area contributed by atoms with E-state index in [1.165, 1.54) is 0 Å². The smallest absolute Gasteiger partial charge is 0.373 e. The van der Waals surface area contributed by atoms with Crippen molar-refractivity contribution in [2.24, 2.45) is 0 Å². The van der Waals surface area contributed by atoms with Gasteiger partial charge in [-0.3, -0.25) is 0 Å². The molecular weight excluding hydrogens is 327 g/mol. The van der Waals surface area contributed by atoms with Crippen molar-refractivity contribution in [2.75, 3.05) is 19.8 Å². The van der Waals surface area contributed by atoms with Crippen LogP contribution in [0.15, 0.2) is 0 Å². The molecule has 0 aliphatic carbocycles. The fourth-order valence-corrected chi connectivity index (χ4v) is 5.44. The zero-order chi connectivity index (χ0) is 16.2. The van der Waals surface area contributed by atoms with Gasteiger partial charge in [0.25, 0.3) is 0 Å². The molecule has 0 bridgehead atoms. The number of hydrogen-bond donors (Lipinski definition) is 0. The summed E-state index contributed by atoms with van der Waals surface area (Å²) in [6, 6.07) is 0.431. The lowest BCUT2D eigenvalue weighted by Crippen LogP contribution is -2.49. The summed E-state index contributed by atoms with van der Waals surface area (Å²) >= 11 is 12.4. The van der Waals surface area contributed by atoms with E-state index in [0.29, 0.717) is 25.9 Å². The van der Waals surface area contributed by atoms with E-state index < -0.39 is 13.1 Å². The zero-order valence-corrected chi connectivity index (χ0v) is 16.6. The van der Waals surface area contributed by atoms with E-state index in [1.807, 2.05) is 0 Å². The summed E-state index contributed by atoms with van der Waals surface area (Å²) < 4.78 is 17.3. The highest BCUT2D eigenvalue weighted by Crippen LogP contribution is 2.33. The Kier molecular flexibility index (Phi) is 12.5. The maximum Gasteiger partial charge on any atom is 0.504 e. The fraction of sp³-hybridized carbons (Fsp3) is 1.00. The van der Waals surface area contributed by atoms with E-state index in [4.69, 9.17) is 36.5 Å². The number of halogens is 2. The molecule has 0 aromatic heterocycles. The largest absolute Gasteiger partial charge is 0.504 e. The summed E-state index contributed by atoms with van der Waals surface area (Å²) in [7, 11) is -2.81. The lowest BCUT2D eigenvalue weighted by molar-refractivity contribution is 0.0557. The Morgan fingerprint density at radius 3 is 1.33 bits per heavy atom. The number of hydrogen-bond acceptors (Lipinski definition) is 3. The molecule has 0 atom stereocenters. The molecule has 6 heteroatoms. The van der Waals surface area contributed by atoms with Crippen LogP contribution in [0, 0.1) is 0 Å². The predicted octanol–water partition coefficient (Wildman–Crippen LogP) is 5.57. The monoisotopic (exact) mass is 358 g/mol. The van der Waals surface area contributed by atoms with Crippen LogP contribution < -0.4 is 0 Å². The van der Waals surface area contributed by atoms with Gasteiger partial charge in [-0.05, 0) is 26.2 Å². The topological polar surface area (TPSA) is 27.7 Å². The van der Waals surface area contributed by atoms with Crippen LogP contribution in [0.25, 0.3) is 0 Å². The van der Waals surface area contributed by atoms with Gasteiger partial charge in [-0.2, -0.15) is 0 Å². The summed E-state index contributed by atoms with van der Waals surface area (Å²) in [5.74, 6) is 0. The van der Waals surface area contributed by atoms with Gasteiger partial charge in [0.2, 0.25) is 0 Å². The molecule has 0 aliphatic heterocycles. The van der Waals surface area contributed by atoms with Gasteiger partial charge in [-0.15, -0.1) is 23.2 Å². The van der Waals surface area contributed by atoms with Crippen LogP contribution in [-0.4, -0.2) is 33.0 Å². The first kappa shape index (κ1) is 21.7. The Morgan fingerprint density at radius 2 is 1.10 bits per heavy atom. The second kappa shape index (κ2) is 12.1. The van der Waals surface area contributed by atoms with Gasteiger partial charge in [0.05, 0.1) is 6.04 Å². The minimum Gasteiger partial charge on any atom is -0.373 e. The van der Waals surface area contributed by atoms with Crippen LogP contribution in [0.5, 0.6) is 0 Å². The van der Waals surface area contributed by atoms with Crippen molar-refractivity contribution in [1.29, 1.82) is 0 Å². The summed E-state index contributed by atoms with van der Waals surface area (Å²) in [5, 5.41) is 0. The highest BCUT2D eigenvalue weighted by Gasteiger charge is 2.46. The molecule has 0 rings (SSSR count). The predicted molar refractivity (Wildman–Crippen MR) is 93.3 cm³/mol. The fourth-order valence-electron chi connectivity index (χ4n) is 1.77. The Balaban J connectivity index is 4.78. The summed E-state index contributed by atoms with van der Waals surface area (Å²) in [4.78, 5) is 0. The zero-order valence-electron chi connectivity index (χ0n) is 14.1. The van der Waals surface area contributed by atoms with Crippen molar-refractivity contribution in [2.45, 2.75) is 76.6 Å². The number of unbranched alkanes of at least 4 members (excludes halogenated alkanes) is 3. The quantitative estimate of drug-likeness (QED) is 0.231. The van der Waals surface area contributed by atoms with Gasteiger partial charge < -0.3 is 13.3 Å². The van der Waals surface area contributed by atoms with Crippen LogP contribution in [0.3, 0.4) is 0 Å². The SMILES string of the molecule is CCCCO[Si](CC(C)(Cl)Cl)(OCCCC)OCCCC. The van der Waals surface area contributed by atoms with Gasteiger partial charge in [0.15, 0.2) is 0 Å². The minimum absolute atomic E-state index is 0.431. The Bertz CT molecular complexity index is 221. The molecule has 0 fully saturated rings. The minimum atomic E-state index is -2.81. The van der Waals surface area contributed by atoms with Gasteiger partial charge in [0.1, 0.15) is 4.33 Å². The van der Waals surface area contributed by atoms with Crippen LogP contribution in [0.2, 0.25) is 6.04 Å². The molecule has 0 amide bonds. The summed E-state index contributed by atoms with van der Waals surface area (Å²) in [6.45, 7) is 10.1. The molecule has 0 N–H and O–H groups in total. The van der Waals surface area contributed by atoms with E-state index in [9.17, 15) is 0 Å². The summed E-state index contributed by atoms with van der Waals surface area (Å²) in [5.41, 5.74) is 0. The molecule has 0 heterocycles. The van der Waals surface area contributed by atoms with Crippen molar-refractivity contribution in [1.82, 2.24) is 0 Å². The molecule has 0 spiro atoms. The lowest BCUT2D eigenvalue weighted by atomic mass is 10.4. The third kappa shape index (κ3) is 11.8. The highest BCUT2D eigenvalue weighted by atomic mass is 35.5. The van der Waals surface area contributed by atoms with Crippen molar-refractivity contribution < 1.29 is 13.3 Å². The van der Waals surface area contributed by atoms with Gasteiger partial charge in [-0.25, -0.2) is 0 Å². The second-order valence-electron chi connectivity index (χ2n) is 5.54. The highest BCUT2D eigenvalue weighted by molar-refractivity contribution is 6.65. The third-order valence-corrected chi connectivity index (χ3v) is 6.77. The Hall–Kier alpha value is 0.677. The average Bonchev–Trinajstić information content (AvgIpc) is 2.38. The molecule has 21 heavy (non-hydrogen) atoms. The van der Waals surface area contributed by atoms with E-state index in [2.05, 4.69) is 20.8 Å².